The second kappa shape index (κ2) is 7.76. The molecule has 0 bridgehead atoms. The highest BCUT2D eigenvalue weighted by molar-refractivity contribution is 5.45. The number of benzene rings is 1. The van der Waals surface area contributed by atoms with E-state index in [1.165, 1.54) is 0 Å². The summed E-state index contributed by atoms with van der Waals surface area (Å²) in [7, 11) is 0. The zero-order valence-electron chi connectivity index (χ0n) is 12.7. The van der Waals surface area contributed by atoms with Gasteiger partial charge in [0.25, 0.3) is 0 Å². The number of hydrogen-bond acceptors (Lipinski definition) is 3. The number of pyridine rings is 1. The Morgan fingerprint density at radius 2 is 1.91 bits per heavy atom. The maximum Gasteiger partial charge on any atom is 0.138 e. The van der Waals surface area contributed by atoms with Crippen molar-refractivity contribution >= 4 is 6.08 Å². The van der Waals surface area contributed by atoms with Gasteiger partial charge in [-0.25, -0.2) is 0 Å². The summed E-state index contributed by atoms with van der Waals surface area (Å²) < 4.78 is 11.1. The van der Waals surface area contributed by atoms with Crippen molar-refractivity contribution in [3.05, 3.63) is 66.0 Å². The highest BCUT2D eigenvalue weighted by Gasteiger charge is 2.09. The van der Waals surface area contributed by atoms with Gasteiger partial charge in [0, 0.05) is 13.2 Å². The smallest absolute Gasteiger partial charge is 0.138 e. The van der Waals surface area contributed by atoms with Gasteiger partial charge >= 0.3 is 0 Å². The molecule has 1 aromatic carbocycles. The molecule has 2 heterocycles. The molecule has 0 atom stereocenters. The first kappa shape index (κ1) is 14.8. The number of allylic oxidation sites excluding steroid dienone is 1. The molecule has 0 N–H and O–H groups in total. The lowest BCUT2D eigenvalue weighted by atomic mass is 9.99. The van der Waals surface area contributed by atoms with E-state index in [0.29, 0.717) is 12.5 Å². The molecule has 1 saturated heterocycles. The Morgan fingerprint density at radius 1 is 1.09 bits per heavy atom. The Balaban J connectivity index is 1.52. The first-order valence-corrected chi connectivity index (χ1v) is 7.79. The predicted molar refractivity (Wildman–Crippen MR) is 87.6 cm³/mol. The Bertz CT molecular complexity index is 587. The highest BCUT2D eigenvalue weighted by atomic mass is 16.5. The Kier molecular flexibility index (Phi) is 5.22. The van der Waals surface area contributed by atoms with Crippen LogP contribution in [0.3, 0.4) is 0 Å². The maximum absolute atomic E-state index is 5.74. The van der Waals surface area contributed by atoms with Crippen molar-refractivity contribution in [3.8, 4) is 5.75 Å². The molecule has 1 aromatic heterocycles. The summed E-state index contributed by atoms with van der Waals surface area (Å²) in [6.45, 7) is 2.31. The zero-order valence-corrected chi connectivity index (χ0v) is 12.7. The maximum atomic E-state index is 5.74. The van der Waals surface area contributed by atoms with Gasteiger partial charge in [0.2, 0.25) is 0 Å². The van der Waals surface area contributed by atoms with Crippen LogP contribution in [0.25, 0.3) is 6.08 Å². The third-order valence-corrected chi connectivity index (χ3v) is 3.81. The molecule has 3 heteroatoms. The number of nitrogens with zero attached hydrogens (tertiary/aromatic N) is 1. The van der Waals surface area contributed by atoms with E-state index < -0.39 is 0 Å². The van der Waals surface area contributed by atoms with Crippen LogP contribution in [0.4, 0.5) is 0 Å². The van der Waals surface area contributed by atoms with Crippen molar-refractivity contribution < 1.29 is 9.47 Å². The standard InChI is InChI=1S/C19H21NO2/c1-2-4-17(5-3-1)15-22-19-9-8-18(20-14-19)7-6-16-10-12-21-13-11-16/h1-9,14,16H,10-13,15H2. The van der Waals surface area contributed by atoms with Crippen molar-refractivity contribution in [1.82, 2.24) is 4.98 Å². The van der Waals surface area contributed by atoms with E-state index in [0.717, 1.165) is 43.1 Å². The van der Waals surface area contributed by atoms with Crippen molar-refractivity contribution in [2.45, 2.75) is 19.4 Å². The van der Waals surface area contributed by atoms with Gasteiger partial charge in [-0.05, 0) is 42.5 Å². The summed E-state index contributed by atoms with van der Waals surface area (Å²) in [4.78, 5) is 4.43. The lowest BCUT2D eigenvalue weighted by Gasteiger charge is -2.18. The van der Waals surface area contributed by atoms with Crippen LogP contribution in [0, 0.1) is 5.92 Å². The van der Waals surface area contributed by atoms with Crippen LogP contribution in [-0.2, 0) is 11.3 Å². The summed E-state index contributed by atoms with van der Waals surface area (Å²) in [5.74, 6) is 1.41. The van der Waals surface area contributed by atoms with E-state index in [1.54, 1.807) is 6.20 Å². The van der Waals surface area contributed by atoms with Crippen LogP contribution in [0.15, 0.2) is 54.7 Å². The fourth-order valence-corrected chi connectivity index (χ4v) is 2.46. The minimum absolute atomic E-state index is 0.569. The first-order valence-electron chi connectivity index (χ1n) is 7.79. The molecule has 1 fully saturated rings. The van der Waals surface area contributed by atoms with Crippen LogP contribution in [0.1, 0.15) is 24.1 Å². The van der Waals surface area contributed by atoms with Gasteiger partial charge in [-0.1, -0.05) is 36.4 Å². The Hall–Kier alpha value is -2.13. The molecule has 1 aliphatic rings. The largest absolute Gasteiger partial charge is 0.487 e. The van der Waals surface area contributed by atoms with Gasteiger partial charge < -0.3 is 9.47 Å². The van der Waals surface area contributed by atoms with Crippen molar-refractivity contribution in [2.75, 3.05) is 13.2 Å². The van der Waals surface area contributed by atoms with E-state index >= 15 is 0 Å². The zero-order chi connectivity index (χ0) is 15.0. The summed E-state index contributed by atoms with van der Waals surface area (Å²) in [5, 5.41) is 0. The van der Waals surface area contributed by atoms with E-state index in [2.05, 4.69) is 29.3 Å². The molecule has 1 aliphatic heterocycles. The van der Waals surface area contributed by atoms with Crippen LogP contribution >= 0.6 is 0 Å². The van der Waals surface area contributed by atoms with E-state index in [9.17, 15) is 0 Å². The highest BCUT2D eigenvalue weighted by Crippen LogP contribution is 2.18. The quantitative estimate of drug-likeness (QED) is 0.832. The predicted octanol–water partition coefficient (Wildman–Crippen LogP) is 4.10. The molecule has 0 radical (unpaired) electrons. The van der Waals surface area contributed by atoms with Gasteiger partial charge in [-0.2, -0.15) is 0 Å². The topological polar surface area (TPSA) is 31.4 Å². The number of hydrogen-bond donors (Lipinski definition) is 0. The third-order valence-electron chi connectivity index (χ3n) is 3.81. The molecule has 0 aliphatic carbocycles. The molecule has 2 aromatic rings. The number of ether oxygens (including phenoxy) is 2. The molecule has 3 rings (SSSR count). The molecule has 0 unspecified atom stereocenters. The normalized spacial score (nSPS) is 16.0. The minimum Gasteiger partial charge on any atom is -0.487 e. The van der Waals surface area contributed by atoms with Gasteiger partial charge in [0.05, 0.1) is 11.9 Å². The molecule has 22 heavy (non-hydrogen) atoms. The van der Waals surface area contributed by atoms with E-state index in [-0.39, 0.29) is 0 Å². The lowest BCUT2D eigenvalue weighted by Crippen LogP contribution is -2.13. The Labute approximate surface area is 131 Å². The minimum atomic E-state index is 0.569. The second-order valence-electron chi connectivity index (χ2n) is 5.50. The first-order chi connectivity index (χ1) is 10.9. The molecule has 0 spiro atoms. The molecule has 0 saturated carbocycles. The van der Waals surface area contributed by atoms with Crippen molar-refractivity contribution in [2.24, 2.45) is 5.92 Å². The lowest BCUT2D eigenvalue weighted by molar-refractivity contribution is 0.0787. The SMILES string of the molecule is C(=CC1CCOCC1)c1ccc(OCc2ccccc2)cn1. The van der Waals surface area contributed by atoms with Gasteiger partial charge in [-0.15, -0.1) is 0 Å². The fourth-order valence-electron chi connectivity index (χ4n) is 2.46. The summed E-state index contributed by atoms with van der Waals surface area (Å²) >= 11 is 0. The summed E-state index contributed by atoms with van der Waals surface area (Å²) in [6, 6.07) is 14.1. The monoisotopic (exact) mass is 295 g/mol. The summed E-state index contributed by atoms with van der Waals surface area (Å²) in [5.41, 5.74) is 2.13. The molecular weight excluding hydrogens is 274 g/mol. The molecule has 114 valence electrons. The number of aromatic nitrogens is 1. The van der Waals surface area contributed by atoms with Gasteiger partial charge in [-0.3, -0.25) is 4.98 Å². The van der Waals surface area contributed by atoms with E-state index in [1.807, 2.05) is 30.3 Å². The van der Waals surface area contributed by atoms with Crippen LogP contribution in [-0.4, -0.2) is 18.2 Å². The Morgan fingerprint density at radius 3 is 2.64 bits per heavy atom. The summed E-state index contributed by atoms with van der Waals surface area (Å²) in [6.07, 6.45) is 8.34. The second-order valence-corrected chi connectivity index (χ2v) is 5.50. The van der Waals surface area contributed by atoms with Crippen molar-refractivity contribution in [3.63, 3.8) is 0 Å². The average Bonchev–Trinajstić information content (AvgIpc) is 2.61. The van der Waals surface area contributed by atoms with Crippen molar-refractivity contribution in [1.29, 1.82) is 0 Å². The average molecular weight is 295 g/mol. The van der Waals surface area contributed by atoms with Crippen LogP contribution in [0.5, 0.6) is 5.75 Å². The molecule has 0 amide bonds. The van der Waals surface area contributed by atoms with E-state index in [4.69, 9.17) is 9.47 Å². The fraction of sp³-hybridized carbons (Fsp3) is 0.316. The van der Waals surface area contributed by atoms with Gasteiger partial charge in [0.15, 0.2) is 0 Å². The third kappa shape index (κ3) is 4.43. The molecular formula is C19H21NO2. The molecule has 3 nitrogen and oxygen atoms in total. The number of rotatable bonds is 5. The van der Waals surface area contributed by atoms with Crippen LogP contribution in [0.2, 0.25) is 0 Å². The van der Waals surface area contributed by atoms with Gasteiger partial charge in [0.1, 0.15) is 12.4 Å². The van der Waals surface area contributed by atoms with Crippen LogP contribution < -0.4 is 4.74 Å².